The molecule has 0 aliphatic carbocycles. The van der Waals surface area contributed by atoms with E-state index in [1.807, 2.05) is 30.3 Å². The third-order valence-electron chi connectivity index (χ3n) is 7.57. The van der Waals surface area contributed by atoms with E-state index in [0.717, 1.165) is 23.6 Å². The summed E-state index contributed by atoms with van der Waals surface area (Å²) in [6.45, 7) is 12.7. The van der Waals surface area contributed by atoms with Gasteiger partial charge < -0.3 is 24.4 Å². The van der Waals surface area contributed by atoms with E-state index in [0.29, 0.717) is 23.6 Å². The highest BCUT2D eigenvalue weighted by Gasteiger charge is 2.36. The van der Waals surface area contributed by atoms with Gasteiger partial charge in [-0.05, 0) is 79.2 Å². The van der Waals surface area contributed by atoms with Gasteiger partial charge in [-0.1, -0.05) is 24.3 Å². The second kappa shape index (κ2) is 14.2. The molecular weight excluding hydrogens is 630 g/mol. The molecule has 1 unspecified atom stereocenters. The molecule has 0 spiro atoms. The molecule has 14 heteroatoms. The smallest absolute Gasteiger partial charge is 0.425 e. The standard InChI is InChI=1S/C35H43N7O7/c1-8-40(21-26-23-14-10-9-13-22(23)16-17-36-26)31(44)30(43)38-25-19-37-29(24-20-41(39-28(24)25)27-15-11-12-18-47-27)42(32(45)48-34(2,3)4)33(46)49-35(5,6)7/h9-10,13-14,16-17,19-20,27H,8,11-12,15,18,21H2,1-7H3,(H,38,43). The fraction of sp³-hybridized carbons (Fsp3) is 0.457. The van der Waals surface area contributed by atoms with Crippen molar-refractivity contribution in [3.63, 3.8) is 0 Å². The van der Waals surface area contributed by atoms with Crippen LogP contribution in [0.1, 0.15) is 79.7 Å². The molecule has 1 aliphatic heterocycles. The van der Waals surface area contributed by atoms with Gasteiger partial charge in [0.1, 0.15) is 22.9 Å². The van der Waals surface area contributed by atoms with Gasteiger partial charge in [-0.2, -0.15) is 10.00 Å². The molecule has 1 aromatic carbocycles. The van der Waals surface area contributed by atoms with Crippen LogP contribution in [0.5, 0.6) is 0 Å². The molecule has 49 heavy (non-hydrogen) atoms. The van der Waals surface area contributed by atoms with Crippen LogP contribution in [0.25, 0.3) is 21.7 Å². The monoisotopic (exact) mass is 673 g/mol. The summed E-state index contributed by atoms with van der Waals surface area (Å²) < 4.78 is 18.7. The normalized spacial score (nSPS) is 15.1. The predicted molar refractivity (Wildman–Crippen MR) is 183 cm³/mol. The van der Waals surface area contributed by atoms with Crippen molar-refractivity contribution >= 4 is 57.2 Å². The van der Waals surface area contributed by atoms with Crippen molar-refractivity contribution < 1.29 is 33.4 Å². The lowest BCUT2D eigenvalue weighted by Gasteiger charge is -2.28. The van der Waals surface area contributed by atoms with Gasteiger partial charge in [0, 0.05) is 30.9 Å². The van der Waals surface area contributed by atoms with Gasteiger partial charge in [0.15, 0.2) is 5.82 Å². The van der Waals surface area contributed by atoms with Crippen LogP contribution in [0.15, 0.2) is 48.9 Å². The molecule has 1 fully saturated rings. The van der Waals surface area contributed by atoms with Crippen LogP contribution >= 0.6 is 0 Å². The molecule has 4 amide bonds. The van der Waals surface area contributed by atoms with Crippen molar-refractivity contribution in [3.8, 4) is 0 Å². The topological polar surface area (TPSA) is 158 Å². The number of rotatable bonds is 6. The molecule has 1 aliphatic rings. The number of likely N-dealkylation sites (N-methyl/N-ethyl adjacent to an activating group) is 1. The zero-order valence-electron chi connectivity index (χ0n) is 29.0. The van der Waals surface area contributed by atoms with Crippen molar-refractivity contribution in [3.05, 3.63) is 54.6 Å². The molecule has 4 aromatic rings. The molecule has 14 nitrogen and oxygen atoms in total. The van der Waals surface area contributed by atoms with Gasteiger partial charge in [-0.15, -0.1) is 0 Å². The maximum absolute atomic E-state index is 13.5. The summed E-state index contributed by atoms with van der Waals surface area (Å²) in [5.41, 5.74) is -0.963. The number of hydrogen-bond acceptors (Lipinski definition) is 10. The Morgan fingerprint density at radius 3 is 2.29 bits per heavy atom. The number of nitrogens with zero attached hydrogens (tertiary/aromatic N) is 6. The molecule has 0 bridgehead atoms. The summed E-state index contributed by atoms with van der Waals surface area (Å²) >= 11 is 0. The fourth-order valence-corrected chi connectivity index (χ4v) is 5.36. The van der Waals surface area contributed by atoms with Crippen molar-refractivity contribution in [1.82, 2.24) is 24.6 Å². The Kier molecular flexibility index (Phi) is 10.2. The highest BCUT2D eigenvalue weighted by molar-refractivity contribution is 6.40. The Morgan fingerprint density at radius 2 is 1.65 bits per heavy atom. The van der Waals surface area contributed by atoms with Gasteiger partial charge in [0.25, 0.3) is 0 Å². The number of fused-ring (bicyclic) bond motifs is 2. The van der Waals surface area contributed by atoms with E-state index < -0.39 is 41.4 Å². The average molecular weight is 674 g/mol. The predicted octanol–water partition coefficient (Wildman–Crippen LogP) is 6.34. The van der Waals surface area contributed by atoms with E-state index >= 15 is 0 Å². The first-order valence-corrected chi connectivity index (χ1v) is 16.3. The molecule has 4 heterocycles. The lowest BCUT2D eigenvalue weighted by Crippen LogP contribution is -2.44. The number of benzene rings is 1. The second-order valence-electron chi connectivity index (χ2n) is 13.7. The van der Waals surface area contributed by atoms with Crippen LogP contribution in [0.2, 0.25) is 0 Å². The van der Waals surface area contributed by atoms with Crippen molar-refractivity contribution in [2.24, 2.45) is 0 Å². The number of imide groups is 1. The van der Waals surface area contributed by atoms with E-state index in [2.05, 4.69) is 15.3 Å². The third-order valence-corrected chi connectivity index (χ3v) is 7.57. The number of pyridine rings is 2. The van der Waals surface area contributed by atoms with Gasteiger partial charge in [-0.25, -0.2) is 19.3 Å². The largest absolute Gasteiger partial charge is 0.443 e. The number of amides is 4. The van der Waals surface area contributed by atoms with E-state index in [1.165, 1.54) is 11.1 Å². The maximum Gasteiger partial charge on any atom is 0.425 e. The first-order valence-electron chi connectivity index (χ1n) is 16.3. The molecule has 0 saturated carbocycles. The zero-order chi connectivity index (χ0) is 35.5. The Bertz CT molecular complexity index is 1840. The molecule has 1 N–H and O–H groups in total. The lowest BCUT2D eigenvalue weighted by atomic mass is 10.1. The first-order chi connectivity index (χ1) is 23.1. The van der Waals surface area contributed by atoms with E-state index in [4.69, 9.17) is 19.3 Å². The van der Waals surface area contributed by atoms with Crippen LogP contribution < -0.4 is 10.2 Å². The molecule has 1 saturated heterocycles. The first kappa shape index (κ1) is 35.2. The molecule has 0 radical (unpaired) electrons. The number of hydrogen-bond donors (Lipinski definition) is 1. The minimum atomic E-state index is -1.01. The van der Waals surface area contributed by atoms with Gasteiger partial charge in [0.05, 0.1) is 29.5 Å². The number of nitrogens with one attached hydrogen (secondary N) is 1. The summed E-state index contributed by atoms with van der Waals surface area (Å²) in [6.07, 6.45) is 4.54. The van der Waals surface area contributed by atoms with Crippen molar-refractivity contribution in [2.45, 2.75) is 91.7 Å². The van der Waals surface area contributed by atoms with Gasteiger partial charge in [0.2, 0.25) is 0 Å². The van der Waals surface area contributed by atoms with Gasteiger partial charge >= 0.3 is 24.0 Å². The SMILES string of the molecule is CCN(Cc1nccc2ccccc12)C(=O)C(=O)Nc1cnc(N(C(=O)OC(C)(C)C)C(=O)OC(C)(C)C)c2cn(C3CCCCO3)nc12. The number of ether oxygens (including phenoxy) is 3. The Balaban J connectivity index is 1.51. The van der Waals surface area contributed by atoms with E-state index in [-0.39, 0.29) is 35.5 Å². The summed E-state index contributed by atoms with van der Waals surface area (Å²) in [7, 11) is 0. The molecule has 1 atom stereocenters. The molecule has 3 aromatic heterocycles. The highest BCUT2D eigenvalue weighted by atomic mass is 16.6. The fourth-order valence-electron chi connectivity index (χ4n) is 5.36. The number of aromatic nitrogens is 4. The summed E-state index contributed by atoms with van der Waals surface area (Å²) in [5, 5.41) is 9.44. The van der Waals surface area contributed by atoms with Crippen LogP contribution in [-0.4, -0.2) is 73.0 Å². The van der Waals surface area contributed by atoms with Crippen molar-refractivity contribution in [2.75, 3.05) is 23.4 Å². The summed E-state index contributed by atoms with van der Waals surface area (Å²) in [5.74, 6) is -1.83. The van der Waals surface area contributed by atoms with Crippen molar-refractivity contribution in [1.29, 1.82) is 0 Å². The minimum Gasteiger partial charge on any atom is -0.443 e. The highest BCUT2D eigenvalue weighted by Crippen LogP contribution is 2.34. The Hall–Kier alpha value is -5.11. The third kappa shape index (κ3) is 8.31. The molecular formula is C35H43N7O7. The van der Waals surface area contributed by atoms with Gasteiger partial charge in [-0.3, -0.25) is 14.6 Å². The molecule has 5 rings (SSSR count). The zero-order valence-corrected chi connectivity index (χ0v) is 29.0. The minimum absolute atomic E-state index is 0.0966. The summed E-state index contributed by atoms with van der Waals surface area (Å²) in [6, 6.07) is 9.58. The van der Waals surface area contributed by atoms with Crippen LogP contribution in [0, 0.1) is 0 Å². The van der Waals surface area contributed by atoms with Crippen LogP contribution in [0.4, 0.5) is 21.1 Å². The van der Waals surface area contributed by atoms with Crippen LogP contribution in [-0.2, 0) is 30.3 Å². The number of carbonyl (C=O) groups excluding carboxylic acids is 4. The van der Waals surface area contributed by atoms with Crippen LogP contribution in [0.3, 0.4) is 0 Å². The van der Waals surface area contributed by atoms with E-state index in [9.17, 15) is 19.2 Å². The Labute approximate surface area is 284 Å². The Morgan fingerprint density at radius 1 is 0.959 bits per heavy atom. The average Bonchev–Trinajstić information content (AvgIpc) is 3.49. The molecule has 260 valence electrons. The number of carbonyl (C=O) groups is 4. The quantitative estimate of drug-likeness (QED) is 0.229. The second-order valence-corrected chi connectivity index (χ2v) is 13.7. The summed E-state index contributed by atoms with van der Waals surface area (Å²) in [4.78, 5) is 65.0. The number of anilines is 2. The van der Waals surface area contributed by atoms with E-state index in [1.54, 1.807) is 65.5 Å². The lowest BCUT2D eigenvalue weighted by molar-refractivity contribution is -0.143. The maximum atomic E-state index is 13.5.